The highest BCUT2D eigenvalue weighted by molar-refractivity contribution is 5.98. The lowest BCUT2D eigenvalue weighted by atomic mass is 9.97. The number of halogens is 2. The van der Waals surface area contributed by atoms with Gasteiger partial charge in [0.05, 0.1) is 19.2 Å². The zero-order valence-corrected chi connectivity index (χ0v) is 16.1. The summed E-state index contributed by atoms with van der Waals surface area (Å²) in [7, 11) is 0. The van der Waals surface area contributed by atoms with Gasteiger partial charge in [0.2, 0.25) is 5.91 Å². The van der Waals surface area contributed by atoms with Gasteiger partial charge in [-0.2, -0.15) is 5.26 Å². The van der Waals surface area contributed by atoms with Crippen molar-refractivity contribution >= 4 is 17.4 Å². The van der Waals surface area contributed by atoms with Gasteiger partial charge in [-0.25, -0.2) is 8.78 Å². The van der Waals surface area contributed by atoms with Crippen LogP contribution in [0.25, 0.3) is 5.57 Å². The van der Waals surface area contributed by atoms with Gasteiger partial charge in [-0.05, 0) is 29.2 Å². The highest BCUT2D eigenvalue weighted by Crippen LogP contribution is 2.31. The lowest BCUT2D eigenvalue weighted by molar-refractivity contribution is -0.131. The van der Waals surface area contributed by atoms with Crippen molar-refractivity contribution < 1.29 is 18.4 Å². The maximum atomic E-state index is 13.5. The van der Waals surface area contributed by atoms with Gasteiger partial charge in [-0.15, -0.1) is 0 Å². The summed E-state index contributed by atoms with van der Waals surface area (Å²) >= 11 is 0. The molecule has 1 atom stereocenters. The van der Waals surface area contributed by atoms with Gasteiger partial charge in [-0.1, -0.05) is 36.9 Å². The van der Waals surface area contributed by atoms with E-state index in [1.165, 1.54) is 12.3 Å². The Morgan fingerprint density at radius 3 is 2.73 bits per heavy atom. The molecule has 1 aromatic carbocycles. The predicted octanol–water partition coefficient (Wildman–Crippen LogP) is 2.83. The number of carbonyl (C=O) groups excluding carboxylic acids is 2. The third-order valence-electron chi connectivity index (χ3n) is 4.87. The molecule has 0 radical (unpaired) electrons. The Hall–Kier alpha value is -3.60. The number of hydrogen-bond acceptors (Lipinski definition) is 4. The number of carbonyl (C=O) groups is 2. The van der Waals surface area contributed by atoms with Crippen molar-refractivity contribution in [3.05, 3.63) is 72.1 Å². The van der Waals surface area contributed by atoms with E-state index >= 15 is 0 Å². The molecule has 2 heterocycles. The van der Waals surface area contributed by atoms with Gasteiger partial charge < -0.3 is 10.2 Å². The predicted molar refractivity (Wildman–Crippen MR) is 106 cm³/mol. The number of benzene rings is 1. The van der Waals surface area contributed by atoms with Crippen LogP contribution in [0, 0.1) is 11.3 Å². The molecule has 0 spiro atoms. The number of nitrogens with zero attached hydrogens (tertiary/aromatic N) is 3. The monoisotopic (exact) mass is 410 g/mol. The van der Waals surface area contributed by atoms with Crippen LogP contribution in [0.3, 0.4) is 0 Å². The molecule has 1 saturated heterocycles. The van der Waals surface area contributed by atoms with E-state index in [0.717, 1.165) is 16.0 Å². The molecule has 1 aliphatic rings. The zero-order valence-electron chi connectivity index (χ0n) is 16.1. The van der Waals surface area contributed by atoms with Crippen LogP contribution in [0.4, 0.5) is 8.78 Å². The van der Waals surface area contributed by atoms with Crippen LogP contribution in [0.1, 0.15) is 27.9 Å². The molecule has 1 N–H and O–H groups in total. The summed E-state index contributed by atoms with van der Waals surface area (Å²) in [6.07, 6.45) is 2.69. The van der Waals surface area contributed by atoms with Crippen molar-refractivity contribution in [2.75, 3.05) is 13.1 Å². The Morgan fingerprint density at radius 2 is 2.03 bits per heavy atom. The van der Waals surface area contributed by atoms with Crippen LogP contribution in [0.15, 0.2) is 55.4 Å². The molecule has 154 valence electrons. The number of amides is 2. The molecule has 1 unspecified atom stereocenters. The van der Waals surface area contributed by atoms with E-state index in [1.807, 2.05) is 30.3 Å². The average Bonchev–Trinajstić information content (AvgIpc) is 3.07. The maximum absolute atomic E-state index is 13.5. The van der Waals surface area contributed by atoms with Crippen molar-refractivity contribution in [1.82, 2.24) is 15.2 Å². The van der Waals surface area contributed by atoms with Crippen molar-refractivity contribution in [2.24, 2.45) is 0 Å². The number of nitriles is 1. The second kappa shape index (κ2) is 8.82. The van der Waals surface area contributed by atoms with Gasteiger partial charge in [0.25, 0.3) is 11.8 Å². The van der Waals surface area contributed by atoms with Crippen molar-refractivity contribution in [3.63, 3.8) is 0 Å². The summed E-state index contributed by atoms with van der Waals surface area (Å²) < 4.78 is 27.0. The van der Waals surface area contributed by atoms with Gasteiger partial charge in [0, 0.05) is 24.4 Å². The minimum Gasteiger partial charge on any atom is -0.343 e. The van der Waals surface area contributed by atoms with E-state index in [2.05, 4.69) is 16.9 Å². The molecule has 1 fully saturated rings. The van der Waals surface area contributed by atoms with Crippen molar-refractivity contribution in [3.8, 4) is 6.07 Å². The van der Waals surface area contributed by atoms with Gasteiger partial charge in [-0.3, -0.25) is 14.6 Å². The lowest BCUT2D eigenvalue weighted by Crippen LogP contribution is -2.43. The normalized spacial score (nSPS) is 17.2. The van der Waals surface area contributed by atoms with E-state index in [1.54, 1.807) is 12.3 Å². The summed E-state index contributed by atoms with van der Waals surface area (Å²) in [5.41, 5.74) is 2.67. The molecule has 8 heteroatoms. The molecule has 2 amide bonds. The van der Waals surface area contributed by atoms with Crippen molar-refractivity contribution in [1.29, 1.82) is 5.26 Å². The number of hydrogen-bond donors (Lipinski definition) is 1. The van der Waals surface area contributed by atoms with E-state index in [0.29, 0.717) is 17.5 Å². The van der Waals surface area contributed by atoms with Crippen LogP contribution in [0.2, 0.25) is 0 Å². The fraction of sp³-hybridized carbons (Fsp3) is 0.273. The molecule has 3 rings (SSSR count). The minimum absolute atomic E-state index is 0.318. The maximum Gasteiger partial charge on any atom is 0.268 e. The molecular weight excluding hydrogens is 390 g/mol. The SMILES string of the molecule is C=C(Cc1cnccc1C(=O)NCC(=O)N1CC(F)(F)CC1C#N)c1ccccc1. The fourth-order valence-corrected chi connectivity index (χ4v) is 3.34. The lowest BCUT2D eigenvalue weighted by Gasteiger charge is -2.19. The van der Waals surface area contributed by atoms with Gasteiger partial charge in [0.1, 0.15) is 6.04 Å². The Bertz CT molecular complexity index is 1000. The highest BCUT2D eigenvalue weighted by Gasteiger charge is 2.47. The van der Waals surface area contributed by atoms with Crippen LogP contribution < -0.4 is 5.32 Å². The quantitative estimate of drug-likeness (QED) is 0.794. The third-order valence-corrected chi connectivity index (χ3v) is 4.87. The number of allylic oxidation sites excluding steroid dienone is 1. The Morgan fingerprint density at radius 1 is 1.30 bits per heavy atom. The number of alkyl halides is 2. The second-order valence-electron chi connectivity index (χ2n) is 7.09. The van der Waals surface area contributed by atoms with E-state index in [4.69, 9.17) is 5.26 Å². The summed E-state index contributed by atoms with van der Waals surface area (Å²) in [5.74, 6) is -4.35. The van der Waals surface area contributed by atoms with E-state index in [9.17, 15) is 18.4 Å². The Balaban J connectivity index is 1.66. The minimum atomic E-state index is -3.10. The molecule has 30 heavy (non-hydrogen) atoms. The molecular formula is C22H20F2N4O2. The first-order chi connectivity index (χ1) is 14.3. The third kappa shape index (κ3) is 4.87. The summed E-state index contributed by atoms with van der Waals surface area (Å²) in [4.78, 5) is 29.8. The van der Waals surface area contributed by atoms with Crippen LogP contribution in [-0.4, -0.2) is 46.8 Å². The van der Waals surface area contributed by atoms with Crippen LogP contribution in [0.5, 0.6) is 0 Å². The fourth-order valence-electron chi connectivity index (χ4n) is 3.34. The van der Waals surface area contributed by atoms with Gasteiger partial charge >= 0.3 is 0 Å². The first kappa shape index (κ1) is 21.1. The molecule has 1 aliphatic heterocycles. The highest BCUT2D eigenvalue weighted by atomic mass is 19.3. The number of likely N-dealkylation sites (tertiary alicyclic amines) is 1. The number of aromatic nitrogens is 1. The molecule has 0 saturated carbocycles. The van der Waals surface area contributed by atoms with Crippen LogP contribution >= 0.6 is 0 Å². The first-order valence-electron chi connectivity index (χ1n) is 9.32. The summed E-state index contributed by atoms with van der Waals surface area (Å²) in [5, 5.41) is 11.5. The smallest absolute Gasteiger partial charge is 0.268 e. The molecule has 0 bridgehead atoms. The largest absolute Gasteiger partial charge is 0.343 e. The second-order valence-corrected chi connectivity index (χ2v) is 7.09. The molecule has 0 aliphatic carbocycles. The van der Waals surface area contributed by atoms with Crippen molar-refractivity contribution in [2.45, 2.75) is 24.8 Å². The van der Waals surface area contributed by atoms with E-state index in [-0.39, 0.29) is 0 Å². The molecule has 1 aromatic heterocycles. The standard InChI is InChI=1S/C22H20F2N4O2/c1-15(16-5-3-2-4-6-16)9-17-12-26-8-7-19(17)21(30)27-13-20(29)28-14-22(23,24)10-18(28)11-25/h2-8,12,18H,1,9-10,13-14H2,(H,27,30). The number of pyridine rings is 1. The Labute approximate surface area is 172 Å². The summed E-state index contributed by atoms with van der Waals surface area (Å²) in [6, 6.07) is 11.5. The average molecular weight is 410 g/mol. The summed E-state index contributed by atoms with van der Waals surface area (Å²) in [6.45, 7) is 2.76. The topological polar surface area (TPSA) is 86.1 Å². The number of nitrogens with one attached hydrogen (secondary N) is 1. The van der Waals surface area contributed by atoms with E-state index < -0.39 is 43.3 Å². The first-order valence-corrected chi connectivity index (χ1v) is 9.32. The van der Waals surface area contributed by atoms with Gasteiger partial charge in [0.15, 0.2) is 0 Å². The van der Waals surface area contributed by atoms with Crippen LogP contribution in [-0.2, 0) is 11.2 Å². The Kier molecular flexibility index (Phi) is 6.21. The zero-order chi connectivity index (χ0) is 21.7. The number of rotatable bonds is 6. The molecule has 2 aromatic rings. The molecule has 6 nitrogen and oxygen atoms in total.